The van der Waals surface area contributed by atoms with Gasteiger partial charge in [-0.3, -0.25) is 9.48 Å². The van der Waals surface area contributed by atoms with Gasteiger partial charge in [-0.05, 0) is 0 Å². The molecule has 1 aromatic heterocycles. The van der Waals surface area contributed by atoms with Crippen LogP contribution in [0.25, 0.3) is 0 Å². The van der Waals surface area contributed by atoms with Crippen LogP contribution in [0.15, 0.2) is 6.20 Å². The topological polar surface area (TPSA) is 107 Å². The van der Waals surface area contributed by atoms with Gasteiger partial charge in [0.25, 0.3) is 5.91 Å². The highest BCUT2D eigenvalue weighted by atomic mass is 32.2. The molecule has 0 fully saturated rings. The number of rotatable bonds is 5. The molecule has 1 heterocycles. The Morgan fingerprint density at radius 2 is 2.24 bits per heavy atom. The number of nitrogens with one attached hydrogen (secondary N) is 1. The van der Waals surface area contributed by atoms with Crippen molar-refractivity contribution in [1.82, 2.24) is 15.1 Å². The number of hydrogen-bond donors (Lipinski definition) is 2. The van der Waals surface area contributed by atoms with Crippen molar-refractivity contribution in [3.8, 4) is 0 Å². The molecule has 0 bridgehead atoms. The predicted molar refractivity (Wildman–Crippen MR) is 64.3 cm³/mol. The summed E-state index contributed by atoms with van der Waals surface area (Å²) in [6, 6.07) is 0. The maximum Gasteiger partial charge on any atom is 0.273 e. The molecule has 3 N–H and O–H groups in total. The summed E-state index contributed by atoms with van der Waals surface area (Å²) in [7, 11) is -1.43. The summed E-state index contributed by atoms with van der Waals surface area (Å²) in [5.74, 6) is -0.481. The summed E-state index contributed by atoms with van der Waals surface area (Å²) in [4.78, 5) is 11.6. The Bertz CT molecular complexity index is 506. The normalized spacial score (nSPS) is 11.4. The number of carbonyl (C=O) groups is 1. The van der Waals surface area contributed by atoms with Crippen LogP contribution >= 0.6 is 0 Å². The maximum absolute atomic E-state index is 11.6. The van der Waals surface area contributed by atoms with E-state index in [1.54, 1.807) is 14.0 Å². The first kappa shape index (κ1) is 13.5. The van der Waals surface area contributed by atoms with Gasteiger partial charge in [-0.2, -0.15) is 5.10 Å². The summed E-state index contributed by atoms with van der Waals surface area (Å²) in [5, 5.41) is 6.35. The summed E-state index contributed by atoms with van der Waals surface area (Å²) >= 11 is 0. The first-order valence-corrected chi connectivity index (χ1v) is 6.95. The number of aryl methyl sites for hydroxylation is 1. The molecule has 1 aromatic rings. The molecule has 0 spiro atoms. The summed E-state index contributed by atoms with van der Waals surface area (Å²) in [5.41, 5.74) is 5.94. The van der Waals surface area contributed by atoms with Gasteiger partial charge in [0.05, 0.1) is 11.4 Å². The van der Waals surface area contributed by atoms with Crippen LogP contribution in [-0.2, 0) is 16.9 Å². The number of nitrogen functional groups attached to an aromatic ring is 1. The van der Waals surface area contributed by atoms with Gasteiger partial charge in [0.2, 0.25) is 0 Å². The van der Waals surface area contributed by atoms with Crippen LogP contribution in [0.4, 0.5) is 5.69 Å². The first-order valence-electron chi connectivity index (χ1n) is 5.13. The number of sulfone groups is 1. The van der Waals surface area contributed by atoms with E-state index >= 15 is 0 Å². The summed E-state index contributed by atoms with van der Waals surface area (Å²) < 4.78 is 23.8. The lowest BCUT2D eigenvalue weighted by molar-refractivity contribution is 0.0951. The van der Waals surface area contributed by atoms with E-state index in [1.165, 1.54) is 10.9 Å². The molecule has 0 aliphatic heterocycles. The zero-order valence-corrected chi connectivity index (χ0v) is 10.6. The van der Waals surface area contributed by atoms with Gasteiger partial charge in [-0.25, -0.2) is 8.42 Å². The van der Waals surface area contributed by atoms with Crippen molar-refractivity contribution in [2.45, 2.75) is 6.92 Å². The number of hydrogen-bond acceptors (Lipinski definition) is 5. The van der Waals surface area contributed by atoms with Gasteiger partial charge >= 0.3 is 0 Å². The molecule has 1 amide bonds. The van der Waals surface area contributed by atoms with E-state index < -0.39 is 15.7 Å². The minimum absolute atomic E-state index is 0.0605. The zero-order chi connectivity index (χ0) is 13.1. The molecular weight excluding hydrogens is 244 g/mol. The molecule has 0 aliphatic rings. The lowest BCUT2D eigenvalue weighted by Gasteiger charge is -2.03. The van der Waals surface area contributed by atoms with Gasteiger partial charge in [0.1, 0.15) is 0 Å². The van der Waals surface area contributed by atoms with Crippen LogP contribution in [0.1, 0.15) is 17.4 Å². The van der Waals surface area contributed by atoms with Crippen molar-refractivity contribution in [2.24, 2.45) is 7.05 Å². The van der Waals surface area contributed by atoms with E-state index in [-0.39, 0.29) is 29.4 Å². The highest BCUT2D eigenvalue weighted by Crippen LogP contribution is 2.07. The molecule has 0 aromatic carbocycles. The van der Waals surface area contributed by atoms with Crippen molar-refractivity contribution in [2.75, 3.05) is 23.8 Å². The SMILES string of the molecule is CCS(=O)(=O)CCNC(=O)c1nn(C)cc1N. The van der Waals surface area contributed by atoms with Crippen LogP contribution < -0.4 is 11.1 Å². The van der Waals surface area contributed by atoms with Gasteiger partial charge in [0, 0.05) is 25.5 Å². The number of aromatic nitrogens is 2. The molecule has 0 aliphatic carbocycles. The Balaban J connectivity index is 2.54. The van der Waals surface area contributed by atoms with Crippen LogP contribution in [-0.4, -0.2) is 42.2 Å². The van der Waals surface area contributed by atoms with E-state index in [1.807, 2.05) is 0 Å². The van der Waals surface area contributed by atoms with Crippen molar-refractivity contribution in [3.63, 3.8) is 0 Å². The molecule has 1 rings (SSSR count). The average molecular weight is 260 g/mol. The largest absolute Gasteiger partial charge is 0.396 e. The Morgan fingerprint density at radius 3 is 2.71 bits per heavy atom. The lowest BCUT2D eigenvalue weighted by Crippen LogP contribution is -2.30. The lowest BCUT2D eigenvalue weighted by atomic mass is 10.3. The predicted octanol–water partition coefficient (Wildman–Crippen LogP) is -0.833. The molecule has 0 unspecified atom stereocenters. The van der Waals surface area contributed by atoms with Crippen molar-refractivity contribution in [1.29, 1.82) is 0 Å². The third kappa shape index (κ3) is 3.74. The van der Waals surface area contributed by atoms with Gasteiger partial charge < -0.3 is 11.1 Å². The van der Waals surface area contributed by atoms with Crippen LogP contribution in [0, 0.1) is 0 Å². The van der Waals surface area contributed by atoms with E-state index in [0.29, 0.717) is 0 Å². The minimum atomic E-state index is -3.07. The Labute approximate surface area is 99.9 Å². The molecule has 96 valence electrons. The minimum Gasteiger partial charge on any atom is -0.396 e. The third-order valence-corrected chi connectivity index (χ3v) is 3.92. The van der Waals surface area contributed by atoms with E-state index in [9.17, 15) is 13.2 Å². The molecule has 0 saturated heterocycles. The van der Waals surface area contributed by atoms with Crippen LogP contribution in [0.3, 0.4) is 0 Å². The summed E-state index contributed by atoms with van der Waals surface area (Å²) in [6.45, 7) is 1.62. The molecular formula is C9H16N4O3S. The number of carbonyl (C=O) groups excluding carboxylic acids is 1. The first-order chi connectivity index (χ1) is 7.85. The standard InChI is InChI=1S/C9H16N4O3S/c1-3-17(15,16)5-4-11-9(14)8-7(10)6-13(2)12-8/h6H,3-5,10H2,1-2H3,(H,11,14). The Hall–Kier alpha value is -1.57. The Morgan fingerprint density at radius 1 is 1.59 bits per heavy atom. The number of nitrogens with zero attached hydrogens (tertiary/aromatic N) is 2. The molecule has 8 heteroatoms. The molecule has 0 atom stereocenters. The fraction of sp³-hybridized carbons (Fsp3) is 0.556. The van der Waals surface area contributed by atoms with Crippen LogP contribution in [0.2, 0.25) is 0 Å². The molecule has 0 radical (unpaired) electrons. The highest BCUT2D eigenvalue weighted by molar-refractivity contribution is 7.91. The third-order valence-electron chi connectivity index (χ3n) is 2.21. The molecule has 0 saturated carbocycles. The van der Waals surface area contributed by atoms with Gasteiger partial charge in [-0.1, -0.05) is 6.92 Å². The molecule has 17 heavy (non-hydrogen) atoms. The second kappa shape index (κ2) is 5.17. The second-order valence-electron chi connectivity index (χ2n) is 3.60. The number of anilines is 1. The highest BCUT2D eigenvalue weighted by Gasteiger charge is 2.14. The quantitative estimate of drug-likeness (QED) is 0.718. The van der Waals surface area contributed by atoms with Crippen molar-refractivity contribution >= 4 is 21.4 Å². The fourth-order valence-electron chi connectivity index (χ4n) is 1.23. The van der Waals surface area contributed by atoms with Crippen molar-refractivity contribution < 1.29 is 13.2 Å². The van der Waals surface area contributed by atoms with E-state index in [4.69, 9.17) is 5.73 Å². The summed E-state index contributed by atoms with van der Waals surface area (Å²) in [6.07, 6.45) is 1.51. The van der Waals surface area contributed by atoms with E-state index in [0.717, 1.165) is 0 Å². The van der Waals surface area contributed by atoms with E-state index in [2.05, 4.69) is 10.4 Å². The maximum atomic E-state index is 11.6. The monoisotopic (exact) mass is 260 g/mol. The average Bonchev–Trinajstić information content (AvgIpc) is 2.57. The second-order valence-corrected chi connectivity index (χ2v) is 6.07. The number of amides is 1. The number of nitrogens with two attached hydrogens (primary N) is 1. The Kier molecular flexibility index (Phi) is 4.11. The van der Waals surface area contributed by atoms with Crippen molar-refractivity contribution in [3.05, 3.63) is 11.9 Å². The molecule has 7 nitrogen and oxygen atoms in total. The zero-order valence-electron chi connectivity index (χ0n) is 9.80. The fourth-order valence-corrected chi connectivity index (χ4v) is 1.93. The smallest absolute Gasteiger partial charge is 0.273 e. The van der Waals surface area contributed by atoms with Gasteiger partial charge in [-0.15, -0.1) is 0 Å². The van der Waals surface area contributed by atoms with Crippen LogP contribution in [0.5, 0.6) is 0 Å². The van der Waals surface area contributed by atoms with Gasteiger partial charge in [0.15, 0.2) is 15.5 Å².